The average Bonchev–Trinajstić information content (AvgIpc) is 2.26. The van der Waals surface area contributed by atoms with Crippen LogP contribution in [0.5, 0.6) is 0 Å². The third-order valence-electron chi connectivity index (χ3n) is 2.40. The number of hydrogen-bond acceptors (Lipinski definition) is 3. The summed E-state index contributed by atoms with van der Waals surface area (Å²) in [5.41, 5.74) is 11.7. The van der Waals surface area contributed by atoms with Gasteiger partial charge in [0.1, 0.15) is 0 Å². The summed E-state index contributed by atoms with van der Waals surface area (Å²) in [6.45, 7) is 2.51. The molecule has 1 rings (SSSR count). The van der Waals surface area contributed by atoms with E-state index in [9.17, 15) is 9.59 Å². The first kappa shape index (κ1) is 13.2. The molecule has 1 unspecified atom stereocenters. The molecule has 0 aliphatic rings. The van der Waals surface area contributed by atoms with Gasteiger partial charge >= 0.3 is 0 Å². The van der Waals surface area contributed by atoms with Crippen LogP contribution in [0.15, 0.2) is 24.3 Å². The van der Waals surface area contributed by atoms with Gasteiger partial charge in [-0.2, -0.15) is 0 Å². The van der Waals surface area contributed by atoms with E-state index < -0.39 is 5.91 Å². The van der Waals surface area contributed by atoms with Crippen molar-refractivity contribution in [3.63, 3.8) is 0 Å². The molecular formula is C12H17N3O2. The molecule has 17 heavy (non-hydrogen) atoms. The van der Waals surface area contributed by atoms with Gasteiger partial charge in [-0.15, -0.1) is 0 Å². The smallest absolute Gasteiger partial charge is 0.248 e. The van der Waals surface area contributed by atoms with Crippen molar-refractivity contribution in [2.45, 2.75) is 25.9 Å². The Kier molecular flexibility index (Phi) is 4.66. The molecule has 5 heteroatoms. The summed E-state index contributed by atoms with van der Waals surface area (Å²) in [5, 5.41) is 3.16. The first-order chi connectivity index (χ1) is 7.99. The van der Waals surface area contributed by atoms with Crippen molar-refractivity contribution in [1.29, 1.82) is 0 Å². The van der Waals surface area contributed by atoms with Crippen LogP contribution in [0.2, 0.25) is 0 Å². The summed E-state index contributed by atoms with van der Waals surface area (Å²) in [6.07, 6.45) is 0.305. The molecule has 1 aromatic rings. The molecule has 0 bridgehead atoms. The van der Waals surface area contributed by atoms with Crippen molar-refractivity contribution in [2.24, 2.45) is 11.5 Å². The highest BCUT2D eigenvalue weighted by molar-refractivity contribution is 5.92. The van der Waals surface area contributed by atoms with Crippen LogP contribution in [0.1, 0.15) is 29.3 Å². The topological polar surface area (TPSA) is 98.2 Å². The molecule has 0 aliphatic heterocycles. The second-order valence-electron chi connectivity index (χ2n) is 4.01. The summed E-state index contributed by atoms with van der Waals surface area (Å²) in [5.74, 6) is -0.763. The van der Waals surface area contributed by atoms with Crippen LogP contribution >= 0.6 is 0 Å². The molecule has 2 amide bonds. The normalized spacial score (nSPS) is 12.1. The van der Waals surface area contributed by atoms with Crippen molar-refractivity contribution in [1.82, 2.24) is 5.32 Å². The van der Waals surface area contributed by atoms with Gasteiger partial charge in [0.15, 0.2) is 0 Å². The first-order valence-electron chi connectivity index (χ1n) is 5.39. The molecule has 0 radical (unpaired) electrons. The molecule has 0 heterocycles. The highest BCUT2D eigenvalue weighted by Gasteiger charge is 2.05. The first-order valence-corrected chi connectivity index (χ1v) is 5.39. The van der Waals surface area contributed by atoms with Gasteiger partial charge in [-0.25, -0.2) is 0 Å². The molecule has 1 aromatic carbocycles. The van der Waals surface area contributed by atoms with Crippen LogP contribution < -0.4 is 16.8 Å². The maximum atomic E-state index is 10.9. The minimum atomic E-state index is -0.438. The van der Waals surface area contributed by atoms with Gasteiger partial charge in [-0.05, 0) is 24.6 Å². The molecule has 92 valence electrons. The van der Waals surface area contributed by atoms with Crippen molar-refractivity contribution < 1.29 is 9.59 Å². The van der Waals surface area contributed by atoms with E-state index in [2.05, 4.69) is 5.32 Å². The molecule has 5 nitrogen and oxygen atoms in total. The van der Waals surface area contributed by atoms with E-state index in [1.165, 1.54) is 0 Å². The molecule has 1 atom stereocenters. The van der Waals surface area contributed by atoms with Gasteiger partial charge in [0.2, 0.25) is 11.8 Å². The van der Waals surface area contributed by atoms with Crippen molar-refractivity contribution in [2.75, 3.05) is 0 Å². The van der Waals surface area contributed by atoms with Crippen LogP contribution in [0.4, 0.5) is 0 Å². The van der Waals surface area contributed by atoms with E-state index in [4.69, 9.17) is 11.5 Å². The van der Waals surface area contributed by atoms with Gasteiger partial charge < -0.3 is 16.8 Å². The Morgan fingerprint density at radius 2 is 1.82 bits per heavy atom. The van der Waals surface area contributed by atoms with Crippen molar-refractivity contribution in [3.05, 3.63) is 35.4 Å². The summed E-state index contributed by atoms with van der Waals surface area (Å²) >= 11 is 0. The minimum Gasteiger partial charge on any atom is -0.370 e. The Morgan fingerprint density at radius 1 is 1.24 bits per heavy atom. The molecule has 0 fully saturated rings. The fourth-order valence-electron chi connectivity index (χ4n) is 1.45. The number of amides is 2. The van der Waals surface area contributed by atoms with Crippen LogP contribution in [0, 0.1) is 0 Å². The fourth-order valence-corrected chi connectivity index (χ4v) is 1.45. The lowest BCUT2D eigenvalue weighted by molar-refractivity contribution is -0.118. The van der Waals surface area contributed by atoms with E-state index in [1.54, 1.807) is 12.1 Å². The van der Waals surface area contributed by atoms with Gasteiger partial charge in [0.05, 0.1) is 0 Å². The van der Waals surface area contributed by atoms with Gasteiger partial charge in [-0.1, -0.05) is 12.1 Å². The average molecular weight is 235 g/mol. The lowest BCUT2D eigenvalue weighted by Gasteiger charge is -2.11. The lowest BCUT2D eigenvalue weighted by Crippen LogP contribution is -2.30. The number of nitrogens with one attached hydrogen (secondary N) is 1. The number of carbonyl (C=O) groups is 2. The van der Waals surface area contributed by atoms with Crippen LogP contribution in [0.3, 0.4) is 0 Å². The maximum Gasteiger partial charge on any atom is 0.248 e. The molecule has 0 saturated carbocycles. The van der Waals surface area contributed by atoms with E-state index in [1.807, 2.05) is 19.1 Å². The third-order valence-corrected chi connectivity index (χ3v) is 2.40. The van der Waals surface area contributed by atoms with E-state index in [0.717, 1.165) is 5.56 Å². The summed E-state index contributed by atoms with van der Waals surface area (Å²) in [4.78, 5) is 21.5. The number of primary amides is 2. The molecule has 0 spiro atoms. The van der Waals surface area contributed by atoms with Crippen LogP contribution in [0.25, 0.3) is 0 Å². The van der Waals surface area contributed by atoms with E-state index >= 15 is 0 Å². The van der Waals surface area contributed by atoms with Crippen LogP contribution in [-0.4, -0.2) is 17.9 Å². The highest BCUT2D eigenvalue weighted by Crippen LogP contribution is 2.04. The summed E-state index contributed by atoms with van der Waals surface area (Å²) in [7, 11) is 0. The monoisotopic (exact) mass is 235 g/mol. The zero-order valence-corrected chi connectivity index (χ0v) is 9.77. The Balaban J connectivity index is 2.47. The Hall–Kier alpha value is -1.88. The number of nitrogens with two attached hydrogens (primary N) is 2. The standard InChI is InChI=1S/C12H17N3O2/c1-8(6-11(13)16)15-7-9-2-4-10(5-3-9)12(14)17/h2-5,8,15H,6-7H2,1H3,(H2,13,16)(H2,14,17). The number of hydrogen-bond donors (Lipinski definition) is 3. The Morgan fingerprint density at radius 3 is 2.29 bits per heavy atom. The third kappa shape index (κ3) is 4.65. The van der Waals surface area contributed by atoms with Crippen molar-refractivity contribution >= 4 is 11.8 Å². The summed E-state index contributed by atoms with van der Waals surface area (Å²) < 4.78 is 0. The molecule has 0 saturated heterocycles. The predicted molar refractivity (Wildman–Crippen MR) is 65.1 cm³/mol. The second kappa shape index (κ2) is 6.00. The van der Waals surface area contributed by atoms with Gasteiger partial charge in [-0.3, -0.25) is 9.59 Å². The molecule has 0 aliphatic carbocycles. The number of carbonyl (C=O) groups excluding carboxylic acids is 2. The molecular weight excluding hydrogens is 218 g/mol. The van der Waals surface area contributed by atoms with Crippen LogP contribution in [-0.2, 0) is 11.3 Å². The van der Waals surface area contributed by atoms with E-state index in [-0.39, 0.29) is 11.9 Å². The second-order valence-corrected chi connectivity index (χ2v) is 4.01. The number of benzene rings is 1. The van der Waals surface area contributed by atoms with E-state index in [0.29, 0.717) is 18.5 Å². The van der Waals surface area contributed by atoms with Gasteiger partial charge in [0.25, 0.3) is 0 Å². The molecule has 0 aromatic heterocycles. The predicted octanol–water partition coefficient (Wildman–Crippen LogP) is 0.139. The lowest BCUT2D eigenvalue weighted by atomic mass is 10.1. The highest BCUT2D eigenvalue weighted by atomic mass is 16.1. The Bertz CT molecular complexity index is 401. The minimum absolute atomic E-state index is 0.0308. The largest absolute Gasteiger partial charge is 0.370 e. The Labute approximate surface area is 100 Å². The fraction of sp³-hybridized carbons (Fsp3) is 0.333. The molecule has 5 N–H and O–H groups in total. The summed E-state index contributed by atoms with van der Waals surface area (Å²) in [6, 6.07) is 7.04. The quantitative estimate of drug-likeness (QED) is 0.654. The zero-order chi connectivity index (χ0) is 12.8. The maximum absolute atomic E-state index is 10.9. The van der Waals surface area contributed by atoms with Crippen molar-refractivity contribution in [3.8, 4) is 0 Å². The zero-order valence-electron chi connectivity index (χ0n) is 9.77. The SMILES string of the molecule is CC(CC(N)=O)NCc1ccc(C(N)=O)cc1. The van der Waals surface area contributed by atoms with Gasteiger partial charge in [0, 0.05) is 24.6 Å². The number of rotatable bonds is 6.